The second kappa shape index (κ2) is 8.79. The van der Waals surface area contributed by atoms with E-state index < -0.39 is 5.91 Å². The summed E-state index contributed by atoms with van der Waals surface area (Å²) in [5, 5.41) is 4.84. The highest BCUT2D eigenvalue weighted by atomic mass is 79.9. The lowest BCUT2D eigenvalue weighted by atomic mass is 10.2. The molecule has 0 aliphatic heterocycles. The van der Waals surface area contributed by atoms with Crippen LogP contribution in [0.3, 0.4) is 0 Å². The van der Waals surface area contributed by atoms with Crippen LogP contribution in [-0.2, 0) is 11.2 Å². The van der Waals surface area contributed by atoms with Crippen molar-refractivity contribution in [2.24, 2.45) is 10.8 Å². The first-order valence-corrected chi connectivity index (χ1v) is 9.54. The standard InChI is InChI=1S/C20H19BrN4O3/c1-2-5-19-24-16-9-8-14(21)10-15(16)20(27)25(19)23-11-13-6-3-4-7-17(13)28-12-18(22)26/h3-4,6-11H,2,5,12H2,1H3,(H2,22,26). The van der Waals surface area contributed by atoms with Crippen LogP contribution in [0.5, 0.6) is 5.75 Å². The fourth-order valence-electron chi connectivity index (χ4n) is 2.69. The van der Waals surface area contributed by atoms with E-state index in [4.69, 9.17) is 10.5 Å². The number of benzene rings is 2. The van der Waals surface area contributed by atoms with Crippen molar-refractivity contribution >= 4 is 39.0 Å². The SMILES string of the molecule is CCCc1nc2ccc(Br)cc2c(=O)n1N=Cc1ccccc1OCC(N)=O. The topological polar surface area (TPSA) is 99.6 Å². The van der Waals surface area contributed by atoms with Crippen molar-refractivity contribution in [2.45, 2.75) is 19.8 Å². The molecular formula is C20H19BrN4O3. The molecule has 2 aromatic carbocycles. The molecule has 0 fully saturated rings. The largest absolute Gasteiger partial charge is 0.483 e. The average molecular weight is 443 g/mol. The summed E-state index contributed by atoms with van der Waals surface area (Å²) in [4.78, 5) is 28.6. The minimum absolute atomic E-state index is 0.239. The van der Waals surface area contributed by atoms with E-state index in [-0.39, 0.29) is 12.2 Å². The van der Waals surface area contributed by atoms with Gasteiger partial charge in [0.15, 0.2) is 6.61 Å². The number of halogens is 1. The molecule has 1 aromatic heterocycles. The van der Waals surface area contributed by atoms with Gasteiger partial charge in [0.1, 0.15) is 11.6 Å². The first-order valence-electron chi connectivity index (χ1n) is 8.75. The molecule has 0 bridgehead atoms. The maximum atomic E-state index is 13.0. The zero-order chi connectivity index (χ0) is 20.1. The molecule has 0 unspecified atom stereocenters. The summed E-state index contributed by atoms with van der Waals surface area (Å²) < 4.78 is 7.51. The second-order valence-electron chi connectivity index (χ2n) is 6.09. The lowest BCUT2D eigenvalue weighted by Crippen LogP contribution is -2.22. The van der Waals surface area contributed by atoms with E-state index in [1.54, 1.807) is 30.3 Å². The molecule has 0 radical (unpaired) electrons. The molecule has 3 aromatic rings. The number of para-hydroxylation sites is 1. The predicted octanol–water partition coefficient (Wildman–Crippen LogP) is 2.86. The summed E-state index contributed by atoms with van der Waals surface area (Å²) in [5.41, 5.74) is 6.14. The van der Waals surface area contributed by atoms with Crippen molar-refractivity contribution in [3.63, 3.8) is 0 Å². The van der Waals surface area contributed by atoms with Crippen molar-refractivity contribution < 1.29 is 9.53 Å². The van der Waals surface area contributed by atoms with Crippen molar-refractivity contribution in [3.05, 3.63) is 68.7 Å². The molecule has 0 aliphatic rings. The average Bonchev–Trinajstić information content (AvgIpc) is 2.67. The van der Waals surface area contributed by atoms with Crippen molar-refractivity contribution in [2.75, 3.05) is 6.61 Å². The van der Waals surface area contributed by atoms with Crippen LogP contribution in [0.25, 0.3) is 10.9 Å². The first kappa shape index (κ1) is 19.8. The Hall–Kier alpha value is -3.00. The van der Waals surface area contributed by atoms with E-state index in [0.717, 1.165) is 10.9 Å². The molecule has 0 atom stereocenters. The Morgan fingerprint density at radius 2 is 2.11 bits per heavy atom. The second-order valence-corrected chi connectivity index (χ2v) is 7.01. The summed E-state index contributed by atoms with van der Waals surface area (Å²) in [6, 6.07) is 12.5. The Bertz CT molecular complexity index is 1110. The Morgan fingerprint density at radius 1 is 1.32 bits per heavy atom. The first-order chi connectivity index (χ1) is 13.5. The number of carbonyl (C=O) groups is 1. The van der Waals surface area contributed by atoms with Gasteiger partial charge in [-0.25, -0.2) is 4.98 Å². The molecular weight excluding hydrogens is 424 g/mol. The maximum Gasteiger partial charge on any atom is 0.282 e. The zero-order valence-electron chi connectivity index (χ0n) is 15.3. The number of hydrogen-bond acceptors (Lipinski definition) is 5. The van der Waals surface area contributed by atoms with Gasteiger partial charge < -0.3 is 10.5 Å². The highest BCUT2D eigenvalue weighted by Crippen LogP contribution is 2.18. The van der Waals surface area contributed by atoms with Gasteiger partial charge in [0.2, 0.25) is 0 Å². The van der Waals surface area contributed by atoms with Crippen LogP contribution in [0.4, 0.5) is 0 Å². The Labute approximate surface area is 170 Å². The van der Waals surface area contributed by atoms with Crippen molar-refractivity contribution in [3.8, 4) is 5.75 Å². The number of ether oxygens (including phenoxy) is 1. The minimum atomic E-state index is -0.572. The van der Waals surface area contributed by atoms with Gasteiger partial charge in [-0.3, -0.25) is 9.59 Å². The fraction of sp³-hybridized carbons (Fsp3) is 0.200. The molecule has 0 aliphatic carbocycles. The van der Waals surface area contributed by atoms with E-state index >= 15 is 0 Å². The summed E-state index contributed by atoms with van der Waals surface area (Å²) in [7, 11) is 0. The molecule has 1 amide bonds. The molecule has 0 saturated carbocycles. The summed E-state index contributed by atoms with van der Waals surface area (Å²) >= 11 is 3.39. The number of aryl methyl sites for hydroxylation is 1. The van der Waals surface area contributed by atoms with Gasteiger partial charge in [-0.1, -0.05) is 35.0 Å². The molecule has 144 valence electrons. The number of primary amides is 1. The van der Waals surface area contributed by atoms with Crippen LogP contribution in [0.2, 0.25) is 0 Å². The van der Waals surface area contributed by atoms with Gasteiger partial charge in [0, 0.05) is 16.5 Å². The van der Waals surface area contributed by atoms with E-state index in [0.29, 0.717) is 34.5 Å². The van der Waals surface area contributed by atoms with Gasteiger partial charge in [-0.05, 0) is 36.8 Å². The van der Waals surface area contributed by atoms with Crippen LogP contribution in [0.15, 0.2) is 56.8 Å². The van der Waals surface area contributed by atoms with Gasteiger partial charge in [-0.2, -0.15) is 9.78 Å². The molecule has 3 rings (SSSR count). The zero-order valence-corrected chi connectivity index (χ0v) is 16.8. The Balaban J connectivity index is 2.06. The Kier molecular flexibility index (Phi) is 6.20. The Morgan fingerprint density at radius 3 is 2.86 bits per heavy atom. The number of hydrogen-bond donors (Lipinski definition) is 1. The molecule has 8 heteroatoms. The lowest BCUT2D eigenvalue weighted by Gasteiger charge is -2.10. The lowest BCUT2D eigenvalue weighted by molar-refractivity contribution is -0.119. The van der Waals surface area contributed by atoms with E-state index in [2.05, 4.69) is 26.0 Å². The fourth-order valence-corrected chi connectivity index (χ4v) is 3.05. The van der Waals surface area contributed by atoms with E-state index in [1.807, 2.05) is 19.1 Å². The molecule has 0 spiro atoms. The summed E-state index contributed by atoms with van der Waals surface area (Å²) in [6.45, 7) is 1.77. The smallest absolute Gasteiger partial charge is 0.282 e. The third kappa shape index (κ3) is 4.45. The minimum Gasteiger partial charge on any atom is -0.483 e. The van der Waals surface area contributed by atoms with Crippen molar-refractivity contribution in [1.29, 1.82) is 0 Å². The molecule has 1 heterocycles. The van der Waals surface area contributed by atoms with Crippen molar-refractivity contribution in [1.82, 2.24) is 9.66 Å². The van der Waals surface area contributed by atoms with Gasteiger partial charge in [0.05, 0.1) is 17.1 Å². The van der Waals surface area contributed by atoms with Crippen LogP contribution in [0, 0.1) is 0 Å². The number of nitrogens with two attached hydrogens (primary N) is 1. The quantitative estimate of drug-likeness (QED) is 0.568. The van der Waals surface area contributed by atoms with Crippen LogP contribution < -0.4 is 16.0 Å². The van der Waals surface area contributed by atoms with E-state index in [9.17, 15) is 9.59 Å². The highest BCUT2D eigenvalue weighted by Gasteiger charge is 2.11. The predicted molar refractivity (Wildman–Crippen MR) is 112 cm³/mol. The van der Waals surface area contributed by atoms with Crippen LogP contribution in [-0.4, -0.2) is 28.4 Å². The number of aromatic nitrogens is 2. The van der Waals surface area contributed by atoms with Gasteiger partial charge in [0.25, 0.3) is 11.5 Å². The number of fused-ring (bicyclic) bond motifs is 1. The maximum absolute atomic E-state index is 13.0. The molecule has 0 saturated heterocycles. The normalized spacial score (nSPS) is 11.2. The van der Waals surface area contributed by atoms with E-state index in [1.165, 1.54) is 10.9 Å². The number of carbonyl (C=O) groups excluding carboxylic acids is 1. The number of rotatable bonds is 7. The van der Waals surface area contributed by atoms with Gasteiger partial charge >= 0.3 is 0 Å². The third-order valence-corrected chi connectivity index (χ3v) is 4.44. The van der Waals surface area contributed by atoms with Crippen LogP contribution in [0.1, 0.15) is 24.7 Å². The number of amides is 1. The van der Waals surface area contributed by atoms with Gasteiger partial charge in [-0.15, -0.1) is 0 Å². The highest BCUT2D eigenvalue weighted by molar-refractivity contribution is 9.10. The number of nitrogens with zero attached hydrogens (tertiary/aromatic N) is 3. The molecule has 28 heavy (non-hydrogen) atoms. The van der Waals surface area contributed by atoms with Crippen LogP contribution >= 0.6 is 15.9 Å². The monoisotopic (exact) mass is 442 g/mol. The summed E-state index contributed by atoms with van der Waals surface area (Å²) in [6.07, 6.45) is 2.95. The molecule has 7 nitrogen and oxygen atoms in total. The summed E-state index contributed by atoms with van der Waals surface area (Å²) in [5.74, 6) is 0.457. The molecule has 2 N–H and O–H groups in total. The third-order valence-electron chi connectivity index (χ3n) is 3.95.